The van der Waals surface area contributed by atoms with Crippen LogP contribution in [0.25, 0.3) is 0 Å². The van der Waals surface area contributed by atoms with E-state index in [2.05, 4.69) is 34.6 Å². The smallest absolute Gasteiger partial charge is 0.315 e. The van der Waals surface area contributed by atoms with Crippen molar-refractivity contribution < 1.29 is 14.3 Å². The molecule has 1 aliphatic rings. The first-order valence-electron chi connectivity index (χ1n) is 8.58. The molecule has 1 heterocycles. The van der Waals surface area contributed by atoms with E-state index < -0.39 is 0 Å². The quantitative estimate of drug-likeness (QED) is 0.837. The normalized spacial score (nSPS) is 18.5. The third-order valence-corrected chi connectivity index (χ3v) is 4.60. The molecule has 24 heavy (non-hydrogen) atoms. The van der Waals surface area contributed by atoms with Gasteiger partial charge in [-0.05, 0) is 50.1 Å². The van der Waals surface area contributed by atoms with Crippen LogP contribution < -0.4 is 20.1 Å². The molecule has 0 aliphatic carbocycles. The Bertz CT molecular complexity index is 577. The maximum atomic E-state index is 11.9. The second-order valence-corrected chi connectivity index (χ2v) is 6.02. The van der Waals surface area contributed by atoms with Gasteiger partial charge in [-0.15, -0.1) is 0 Å². The molecular weight excluding hydrogens is 306 g/mol. The summed E-state index contributed by atoms with van der Waals surface area (Å²) in [5.74, 6) is 1.48. The van der Waals surface area contributed by atoms with Gasteiger partial charge in [0.1, 0.15) is 0 Å². The number of carbonyl (C=O) groups is 1. The standard InChI is InChI=1S/C18H29N3O3/c1-6-19-18(22)20-12(3)17-14-11-16(24-5)15(23-4)10-13(14)8-9-21(17)7-2/h10-12,17H,6-9H2,1-5H3,(H2,19,20,22). The van der Waals surface area contributed by atoms with Crippen molar-refractivity contribution in [2.75, 3.05) is 33.9 Å². The Balaban J connectivity index is 2.37. The summed E-state index contributed by atoms with van der Waals surface area (Å²) < 4.78 is 10.9. The van der Waals surface area contributed by atoms with Crippen molar-refractivity contribution in [2.24, 2.45) is 0 Å². The number of rotatable bonds is 6. The lowest BCUT2D eigenvalue weighted by Crippen LogP contribution is -2.50. The van der Waals surface area contributed by atoms with E-state index in [9.17, 15) is 4.79 Å². The van der Waals surface area contributed by atoms with Crippen molar-refractivity contribution in [1.82, 2.24) is 15.5 Å². The van der Waals surface area contributed by atoms with Crippen LogP contribution in [0, 0.1) is 0 Å². The van der Waals surface area contributed by atoms with Gasteiger partial charge in [-0.1, -0.05) is 6.92 Å². The van der Waals surface area contributed by atoms with E-state index in [0.29, 0.717) is 6.54 Å². The Morgan fingerprint density at radius 2 is 1.96 bits per heavy atom. The fraction of sp³-hybridized carbons (Fsp3) is 0.611. The van der Waals surface area contributed by atoms with Crippen LogP contribution in [-0.2, 0) is 6.42 Å². The highest BCUT2D eigenvalue weighted by atomic mass is 16.5. The van der Waals surface area contributed by atoms with E-state index in [1.165, 1.54) is 11.1 Å². The lowest BCUT2D eigenvalue weighted by atomic mass is 9.88. The van der Waals surface area contributed by atoms with Crippen LogP contribution in [0.1, 0.15) is 37.9 Å². The third kappa shape index (κ3) is 3.75. The van der Waals surface area contributed by atoms with E-state index >= 15 is 0 Å². The molecular formula is C18H29N3O3. The van der Waals surface area contributed by atoms with Gasteiger partial charge in [-0.3, -0.25) is 4.90 Å². The monoisotopic (exact) mass is 335 g/mol. The first-order chi connectivity index (χ1) is 11.5. The molecule has 6 heteroatoms. The molecule has 0 saturated heterocycles. The maximum Gasteiger partial charge on any atom is 0.315 e. The predicted octanol–water partition coefficient (Wildman–Crippen LogP) is 2.33. The van der Waals surface area contributed by atoms with Crippen LogP contribution in [-0.4, -0.2) is 50.8 Å². The number of amides is 2. The molecule has 6 nitrogen and oxygen atoms in total. The summed E-state index contributed by atoms with van der Waals surface area (Å²) in [7, 11) is 3.30. The second-order valence-electron chi connectivity index (χ2n) is 6.02. The van der Waals surface area contributed by atoms with Crippen molar-refractivity contribution in [2.45, 2.75) is 39.3 Å². The molecule has 0 bridgehead atoms. The fourth-order valence-corrected chi connectivity index (χ4v) is 3.47. The number of nitrogens with one attached hydrogen (secondary N) is 2. The van der Waals surface area contributed by atoms with E-state index in [1.807, 2.05) is 13.8 Å². The van der Waals surface area contributed by atoms with Gasteiger partial charge >= 0.3 is 6.03 Å². The highest BCUT2D eigenvalue weighted by Gasteiger charge is 2.32. The van der Waals surface area contributed by atoms with Gasteiger partial charge in [-0.25, -0.2) is 4.79 Å². The number of hydrogen-bond donors (Lipinski definition) is 2. The highest BCUT2D eigenvalue weighted by Crippen LogP contribution is 2.39. The Morgan fingerprint density at radius 3 is 2.54 bits per heavy atom. The zero-order chi connectivity index (χ0) is 17.7. The van der Waals surface area contributed by atoms with Gasteiger partial charge in [-0.2, -0.15) is 0 Å². The topological polar surface area (TPSA) is 62.8 Å². The number of ether oxygens (including phenoxy) is 2. The molecule has 0 fully saturated rings. The molecule has 2 amide bonds. The minimum atomic E-state index is -0.131. The van der Waals surface area contributed by atoms with Crippen LogP contribution >= 0.6 is 0 Å². The molecule has 2 atom stereocenters. The summed E-state index contributed by atoms with van der Waals surface area (Å²) in [6.07, 6.45) is 0.966. The van der Waals surface area contributed by atoms with Crippen molar-refractivity contribution >= 4 is 6.03 Å². The minimum Gasteiger partial charge on any atom is -0.493 e. The molecule has 0 radical (unpaired) electrons. The number of hydrogen-bond acceptors (Lipinski definition) is 4. The SMILES string of the molecule is CCNC(=O)NC(C)C1c2cc(OC)c(OC)cc2CCN1CC. The minimum absolute atomic E-state index is 0.0198. The summed E-state index contributed by atoms with van der Waals surface area (Å²) in [6.45, 7) is 8.62. The van der Waals surface area contributed by atoms with E-state index in [0.717, 1.165) is 31.0 Å². The molecule has 0 aromatic heterocycles. The molecule has 2 rings (SSSR count). The van der Waals surface area contributed by atoms with Crippen molar-refractivity contribution in [3.05, 3.63) is 23.3 Å². The number of likely N-dealkylation sites (N-methyl/N-ethyl adjacent to an activating group) is 1. The summed E-state index contributed by atoms with van der Waals surface area (Å²) in [5.41, 5.74) is 2.46. The average Bonchev–Trinajstić information content (AvgIpc) is 2.59. The molecule has 2 N–H and O–H groups in total. The zero-order valence-electron chi connectivity index (χ0n) is 15.3. The molecule has 1 aromatic rings. The first-order valence-corrected chi connectivity index (χ1v) is 8.58. The van der Waals surface area contributed by atoms with Crippen LogP contribution in [0.4, 0.5) is 4.79 Å². The summed E-state index contributed by atoms with van der Waals surface area (Å²) in [6, 6.07) is 4.08. The van der Waals surface area contributed by atoms with Crippen molar-refractivity contribution in [1.29, 1.82) is 0 Å². The summed E-state index contributed by atoms with van der Waals surface area (Å²) in [5, 5.41) is 5.86. The lowest BCUT2D eigenvalue weighted by Gasteiger charge is -2.40. The number of carbonyl (C=O) groups excluding carboxylic acids is 1. The van der Waals surface area contributed by atoms with Crippen molar-refractivity contribution in [3.63, 3.8) is 0 Å². The number of nitrogens with zero attached hydrogens (tertiary/aromatic N) is 1. The fourth-order valence-electron chi connectivity index (χ4n) is 3.47. The van der Waals surface area contributed by atoms with Gasteiger partial charge in [0.25, 0.3) is 0 Å². The maximum absolute atomic E-state index is 11.9. The second kappa shape index (κ2) is 8.24. The van der Waals surface area contributed by atoms with E-state index in [-0.39, 0.29) is 18.1 Å². The Kier molecular flexibility index (Phi) is 6.31. The summed E-state index contributed by atoms with van der Waals surface area (Å²) >= 11 is 0. The molecule has 1 aromatic carbocycles. The van der Waals surface area contributed by atoms with Crippen LogP contribution in [0.3, 0.4) is 0 Å². The van der Waals surface area contributed by atoms with E-state index in [4.69, 9.17) is 9.47 Å². The third-order valence-electron chi connectivity index (χ3n) is 4.60. The Labute approximate surface area is 144 Å². The summed E-state index contributed by atoms with van der Waals surface area (Å²) in [4.78, 5) is 14.3. The van der Waals surface area contributed by atoms with Crippen molar-refractivity contribution in [3.8, 4) is 11.5 Å². The number of urea groups is 1. The van der Waals surface area contributed by atoms with E-state index in [1.54, 1.807) is 14.2 Å². The Morgan fingerprint density at radius 1 is 1.29 bits per heavy atom. The largest absolute Gasteiger partial charge is 0.493 e. The molecule has 2 unspecified atom stereocenters. The first kappa shape index (κ1) is 18.4. The predicted molar refractivity (Wildman–Crippen MR) is 94.9 cm³/mol. The Hall–Kier alpha value is -1.95. The lowest BCUT2D eigenvalue weighted by molar-refractivity contribution is 0.158. The number of fused-ring (bicyclic) bond motifs is 1. The molecule has 134 valence electrons. The molecule has 0 spiro atoms. The van der Waals surface area contributed by atoms with Gasteiger partial charge in [0.05, 0.1) is 20.3 Å². The molecule has 0 saturated carbocycles. The highest BCUT2D eigenvalue weighted by molar-refractivity contribution is 5.74. The van der Waals surface area contributed by atoms with Gasteiger partial charge in [0, 0.05) is 19.1 Å². The number of benzene rings is 1. The van der Waals surface area contributed by atoms with Crippen LogP contribution in [0.2, 0.25) is 0 Å². The molecule has 1 aliphatic heterocycles. The van der Waals surface area contributed by atoms with Gasteiger partial charge in [0.15, 0.2) is 11.5 Å². The van der Waals surface area contributed by atoms with Gasteiger partial charge < -0.3 is 20.1 Å². The van der Waals surface area contributed by atoms with Crippen LogP contribution in [0.15, 0.2) is 12.1 Å². The number of methoxy groups -OCH3 is 2. The van der Waals surface area contributed by atoms with Crippen LogP contribution in [0.5, 0.6) is 11.5 Å². The van der Waals surface area contributed by atoms with Gasteiger partial charge in [0.2, 0.25) is 0 Å². The zero-order valence-corrected chi connectivity index (χ0v) is 15.3. The average molecular weight is 335 g/mol.